The SMILES string of the molecule is C=CC1=C(C)[C@@H](Cc2[nH]c(Cc3[nH]c(/C=C4\NC(=O)[C@H](C)[C@H]4CC)c(C)c3CCC(=O)O)c(CCC(=O)O)c2C)NC1=O. The van der Waals surface area contributed by atoms with Crippen LogP contribution >= 0.6 is 0 Å². The van der Waals surface area contributed by atoms with Crippen LogP contribution in [-0.2, 0) is 44.9 Å². The van der Waals surface area contributed by atoms with Crippen LogP contribution in [-0.4, -0.2) is 50.0 Å². The normalized spacial score (nSPS) is 21.0. The number of carbonyl (C=O) groups excluding carboxylic acids is 2. The first-order valence-electron chi connectivity index (χ1n) is 14.9. The zero-order valence-electron chi connectivity index (χ0n) is 25.6. The van der Waals surface area contributed by atoms with Crippen molar-refractivity contribution in [2.24, 2.45) is 11.8 Å². The molecule has 1 saturated heterocycles. The lowest BCUT2D eigenvalue weighted by Crippen LogP contribution is -2.30. The predicted molar refractivity (Wildman–Crippen MR) is 163 cm³/mol. The van der Waals surface area contributed by atoms with Crippen molar-refractivity contribution in [1.82, 2.24) is 20.6 Å². The van der Waals surface area contributed by atoms with Gasteiger partial charge in [-0.3, -0.25) is 19.2 Å². The fourth-order valence-corrected chi connectivity index (χ4v) is 6.49. The molecule has 230 valence electrons. The monoisotopic (exact) mass is 590 g/mol. The third kappa shape index (κ3) is 6.53. The van der Waals surface area contributed by atoms with Crippen LogP contribution in [0.15, 0.2) is 29.5 Å². The standard InChI is InChI=1S/C33H42N4O6/c1-7-20-19(6)32(42)37-27(20)14-25-18(5)23(10-12-31(40)41)29(35-25)15-28-22(9-11-30(38)39)17(4)24(34-28)13-26-16(3)21(8-2)33(43)36-26/h8,14,19-20,26,34-35H,2,7,9-13,15H2,1,3-6H3,(H,36,43)(H,37,42)(H,38,39)(H,40,41)/b27-14-/t19-,20-,26-/m1/s1. The van der Waals surface area contributed by atoms with Gasteiger partial charge in [0, 0.05) is 71.6 Å². The minimum Gasteiger partial charge on any atom is -0.481 e. The Labute approximate surface area is 251 Å². The summed E-state index contributed by atoms with van der Waals surface area (Å²) < 4.78 is 0. The van der Waals surface area contributed by atoms with E-state index in [1.54, 1.807) is 6.08 Å². The molecule has 2 aromatic heterocycles. The molecule has 10 nitrogen and oxygen atoms in total. The van der Waals surface area contributed by atoms with Gasteiger partial charge in [-0.25, -0.2) is 0 Å². The van der Waals surface area contributed by atoms with E-state index in [0.717, 1.165) is 62.7 Å². The molecule has 43 heavy (non-hydrogen) atoms. The van der Waals surface area contributed by atoms with Gasteiger partial charge in [-0.15, -0.1) is 0 Å². The van der Waals surface area contributed by atoms with Crippen LogP contribution in [0.4, 0.5) is 0 Å². The van der Waals surface area contributed by atoms with Crippen LogP contribution in [0.3, 0.4) is 0 Å². The van der Waals surface area contributed by atoms with Gasteiger partial charge >= 0.3 is 11.9 Å². The topological polar surface area (TPSA) is 164 Å². The molecular formula is C33H42N4O6. The molecule has 2 amide bonds. The van der Waals surface area contributed by atoms with E-state index >= 15 is 0 Å². The number of aromatic amines is 2. The Bertz CT molecular complexity index is 1540. The second-order valence-electron chi connectivity index (χ2n) is 11.7. The highest BCUT2D eigenvalue weighted by Crippen LogP contribution is 2.33. The summed E-state index contributed by atoms with van der Waals surface area (Å²) in [6.45, 7) is 13.6. The fourth-order valence-electron chi connectivity index (χ4n) is 6.49. The van der Waals surface area contributed by atoms with Crippen molar-refractivity contribution in [3.63, 3.8) is 0 Å². The van der Waals surface area contributed by atoms with E-state index in [9.17, 15) is 29.4 Å². The highest BCUT2D eigenvalue weighted by Gasteiger charge is 2.34. The number of aromatic nitrogens is 2. The molecular weight excluding hydrogens is 548 g/mol. The minimum atomic E-state index is -0.893. The van der Waals surface area contributed by atoms with Gasteiger partial charge in [0.1, 0.15) is 0 Å². The molecule has 4 rings (SSSR count). The molecule has 0 aliphatic carbocycles. The zero-order chi connectivity index (χ0) is 31.6. The maximum absolute atomic E-state index is 12.4. The van der Waals surface area contributed by atoms with Crippen molar-refractivity contribution in [3.05, 3.63) is 74.5 Å². The number of rotatable bonds is 13. The number of aliphatic carboxylic acids is 2. The quantitative estimate of drug-likeness (QED) is 0.204. The van der Waals surface area contributed by atoms with Crippen molar-refractivity contribution < 1.29 is 29.4 Å². The summed E-state index contributed by atoms with van der Waals surface area (Å²) in [5.41, 5.74) is 9.46. The summed E-state index contributed by atoms with van der Waals surface area (Å²) in [6.07, 6.45) is 5.87. The molecule has 4 heterocycles. The van der Waals surface area contributed by atoms with Crippen LogP contribution in [0, 0.1) is 25.7 Å². The van der Waals surface area contributed by atoms with Crippen molar-refractivity contribution in [3.8, 4) is 0 Å². The number of carbonyl (C=O) groups is 4. The molecule has 2 aromatic rings. The van der Waals surface area contributed by atoms with Crippen molar-refractivity contribution >= 4 is 29.8 Å². The molecule has 2 aliphatic rings. The molecule has 6 N–H and O–H groups in total. The molecule has 0 aromatic carbocycles. The van der Waals surface area contributed by atoms with E-state index in [-0.39, 0.29) is 42.5 Å². The number of carboxylic acid groups (broad SMARTS) is 2. The maximum atomic E-state index is 12.4. The average Bonchev–Trinajstić information content (AvgIpc) is 3.59. The van der Waals surface area contributed by atoms with Crippen molar-refractivity contribution in [2.75, 3.05) is 0 Å². The molecule has 1 fully saturated rings. The number of nitrogens with one attached hydrogen (secondary N) is 4. The molecule has 10 heteroatoms. The largest absolute Gasteiger partial charge is 0.481 e. The number of amides is 2. The molecule has 0 unspecified atom stereocenters. The summed E-state index contributed by atoms with van der Waals surface area (Å²) in [5, 5.41) is 24.9. The van der Waals surface area contributed by atoms with Gasteiger partial charge in [-0.05, 0) is 73.9 Å². The van der Waals surface area contributed by atoms with Crippen molar-refractivity contribution in [2.45, 2.75) is 85.6 Å². The Kier molecular flexibility index (Phi) is 9.47. The highest BCUT2D eigenvalue weighted by molar-refractivity contribution is 6.00. The van der Waals surface area contributed by atoms with Crippen LogP contribution < -0.4 is 10.6 Å². The third-order valence-corrected chi connectivity index (χ3v) is 9.14. The summed E-state index contributed by atoms with van der Waals surface area (Å²) >= 11 is 0. The Hall–Kier alpha value is -4.34. The summed E-state index contributed by atoms with van der Waals surface area (Å²) in [6, 6.07) is -0.203. The van der Waals surface area contributed by atoms with Crippen LogP contribution in [0.5, 0.6) is 0 Å². The van der Waals surface area contributed by atoms with Gasteiger partial charge in [-0.1, -0.05) is 26.5 Å². The third-order valence-electron chi connectivity index (χ3n) is 9.14. The minimum absolute atomic E-state index is 0.00478. The highest BCUT2D eigenvalue weighted by atomic mass is 16.4. The number of H-pyrrole nitrogens is 2. The number of allylic oxidation sites excluding steroid dienone is 1. The second-order valence-corrected chi connectivity index (χ2v) is 11.7. The summed E-state index contributed by atoms with van der Waals surface area (Å²) in [5.74, 6) is -1.99. The number of carboxylic acids is 2. The van der Waals surface area contributed by atoms with Gasteiger partial charge in [-0.2, -0.15) is 0 Å². The zero-order valence-corrected chi connectivity index (χ0v) is 25.6. The Balaban J connectivity index is 1.74. The first kappa shape index (κ1) is 31.6. The van der Waals surface area contributed by atoms with E-state index in [2.05, 4.69) is 34.1 Å². The first-order chi connectivity index (χ1) is 20.4. The van der Waals surface area contributed by atoms with Gasteiger partial charge in [0.05, 0.1) is 6.04 Å². The summed E-state index contributed by atoms with van der Waals surface area (Å²) in [7, 11) is 0. The lowest BCUT2D eigenvalue weighted by atomic mass is 9.92. The van der Waals surface area contributed by atoms with Crippen LogP contribution in [0.2, 0.25) is 0 Å². The smallest absolute Gasteiger partial charge is 0.303 e. The van der Waals surface area contributed by atoms with Crippen molar-refractivity contribution in [1.29, 1.82) is 0 Å². The van der Waals surface area contributed by atoms with E-state index in [4.69, 9.17) is 0 Å². The van der Waals surface area contributed by atoms with Gasteiger partial charge in [0.2, 0.25) is 5.91 Å². The molecule has 0 radical (unpaired) electrons. The molecule has 0 saturated carbocycles. The Morgan fingerprint density at radius 3 is 2.09 bits per heavy atom. The molecule has 3 atom stereocenters. The van der Waals surface area contributed by atoms with E-state index in [0.29, 0.717) is 31.3 Å². The van der Waals surface area contributed by atoms with Gasteiger partial charge in [0.25, 0.3) is 5.91 Å². The molecule has 0 bridgehead atoms. The maximum Gasteiger partial charge on any atom is 0.303 e. The van der Waals surface area contributed by atoms with E-state index in [1.165, 1.54) is 0 Å². The lowest BCUT2D eigenvalue weighted by Gasteiger charge is -2.12. The van der Waals surface area contributed by atoms with Gasteiger partial charge in [0.15, 0.2) is 0 Å². The Morgan fingerprint density at radius 2 is 1.53 bits per heavy atom. The van der Waals surface area contributed by atoms with Crippen LogP contribution in [0.1, 0.15) is 85.1 Å². The second kappa shape index (κ2) is 12.9. The first-order valence-corrected chi connectivity index (χ1v) is 14.9. The molecule has 0 spiro atoms. The Morgan fingerprint density at radius 1 is 0.930 bits per heavy atom. The predicted octanol–water partition coefficient (Wildman–Crippen LogP) is 4.26. The fraction of sp³-hybridized carbons (Fsp3) is 0.455. The number of hydrogen-bond donors (Lipinski definition) is 6. The summed E-state index contributed by atoms with van der Waals surface area (Å²) in [4.78, 5) is 54.9. The molecule has 2 aliphatic heterocycles. The van der Waals surface area contributed by atoms with E-state index in [1.807, 2.05) is 33.8 Å². The number of hydrogen-bond acceptors (Lipinski definition) is 4. The van der Waals surface area contributed by atoms with Gasteiger partial charge < -0.3 is 30.8 Å². The van der Waals surface area contributed by atoms with E-state index < -0.39 is 11.9 Å². The average molecular weight is 591 g/mol. The lowest BCUT2D eigenvalue weighted by molar-refractivity contribution is -0.138. The van der Waals surface area contributed by atoms with Crippen LogP contribution in [0.25, 0.3) is 6.08 Å².